The molecule has 1 saturated heterocycles. The molecule has 27 heavy (non-hydrogen) atoms. The summed E-state index contributed by atoms with van der Waals surface area (Å²) in [5.74, 6) is 0.535. The number of hydrogen-bond acceptors (Lipinski definition) is 5. The van der Waals surface area contributed by atoms with Crippen molar-refractivity contribution in [1.29, 1.82) is 0 Å². The largest absolute Gasteiger partial charge is 0.412 e. The molecule has 0 aromatic heterocycles. The van der Waals surface area contributed by atoms with Crippen LogP contribution in [0.4, 0.5) is 0 Å². The van der Waals surface area contributed by atoms with Gasteiger partial charge in [-0.1, -0.05) is 24.3 Å². The number of piperidine rings is 1. The fourth-order valence-corrected chi connectivity index (χ4v) is 3.66. The van der Waals surface area contributed by atoms with E-state index in [4.69, 9.17) is 9.98 Å². The van der Waals surface area contributed by atoms with Gasteiger partial charge in [0.2, 0.25) is 0 Å². The van der Waals surface area contributed by atoms with E-state index in [0.717, 1.165) is 48.6 Å². The summed E-state index contributed by atoms with van der Waals surface area (Å²) in [6.45, 7) is 5.76. The Bertz CT molecular complexity index is 836. The number of benzene rings is 1. The first-order valence-electron chi connectivity index (χ1n) is 8.83. The van der Waals surface area contributed by atoms with Gasteiger partial charge in [0.05, 0.1) is 17.6 Å². The van der Waals surface area contributed by atoms with Crippen molar-refractivity contribution in [2.45, 2.75) is 32.4 Å². The molecule has 3 aliphatic heterocycles. The zero-order valence-electron chi connectivity index (χ0n) is 15.5. The highest BCUT2D eigenvalue weighted by molar-refractivity contribution is 6.68. The maximum Gasteiger partial charge on any atom is 0.159 e. The van der Waals surface area contributed by atoms with Crippen molar-refractivity contribution in [1.82, 2.24) is 5.32 Å². The molecule has 1 aromatic carbocycles. The van der Waals surface area contributed by atoms with Gasteiger partial charge >= 0.3 is 0 Å². The Kier molecular flexibility index (Phi) is 6.46. The summed E-state index contributed by atoms with van der Waals surface area (Å²) in [4.78, 5) is 25.8. The molecule has 1 atom stereocenters. The lowest BCUT2D eigenvalue weighted by atomic mass is 9.85. The van der Waals surface area contributed by atoms with Crippen LogP contribution in [0.25, 0.3) is 5.70 Å². The molecule has 0 radical (unpaired) electrons. The summed E-state index contributed by atoms with van der Waals surface area (Å²) in [6, 6.07) is 7.56. The van der Waals surface area contributed by atoms with Gasteiger partial charge in [-0.05, 0) is 45.9 Å². The molecular formula is C20H25ClN4O2. The van der Waals surface area contributed by atoms with Gasteiger partial charge in [0, 0.05) is 17.0 Å². The van der Waals surface area contributed by atoms with Gasteiger partial charge in [-0.3, -0.25) is 14.8 Å². The Morgan fingerprint density at radius 1 is 1.15 bits per heavy atom. The second-order valence-corrected chi connectivity index (χ2v) is 7.03. The Hall–Kier alpha value is -2.15. The SMILES string of the molecule is CC(=O)c1ccc(C2=CC3=NC(C)(C4CCNCC4)N=CC3=N2)cc1.Cl.O. The Balaban J connectivity index is 0.00000131. The number of carbonyl (C=O) groups is 1. The number of ketones is 1. The first kappa shape index (κ1) is 21.2. The van der Waals surface area contributed by atoms with Crippen molar-refractivity contribution in [2.24, 2.45) is 20.9 Å². The highest BCUT2D eigenvalue weighted by atomic mass is 35.5. The predicted molar refractivity (Wildman–Crippen MR) is 113 cm³/mol. The molecule has 1 fully saturated rings. The molecule has 0 saturated carbocycles. The van der Waals surface area contributed by atoms with Crippen molar-refractivity contribution in [3.63, 3.8) is 0 Å². The van der Waals surface area contributed by atoms with Gasteiger partial charge in [0.25, 0.3) is 0 Å². The lowest BCUT2D eigenvalue weighted by molar-refractivity contribution is 0.101. The molecule has 3 N–H and O–H groups in total. The highest BCUT2D eigenvalue weighted by Crippen LogP contribution is 2.34. The second kappa shape index (κ2) is 8.25. The first-order valence-corrected chi connectivity index (χ1v) is 8.83. The summed E-state index contributed by atoms with van der Waals surface area (Å²) < 4.78 is 0. The normalized spacial score (nSPS) is 24.0. The number of aliphatic imine (C=N–C) groups is 3. The number of carbonyl (C=O) groups excluding carboxylic acids is 1. The van der Waals surface area contributed by atoms with Crippen LogP contribution in [0.15, 0.2) is 45.3 Å². The number of allylic oxidation sites excluding steroid dienone is 1. The van der Waals surface area contributed by atoms with Crippen LogP contribution in [-0.2, 0) is 0 Å². The second-order valence-electron chi connectivity index (χ2n) is 7.03. The average Bonchev–Trinajstić information content (AvgIpc) is 3.05. The molecular weight excluding hydrogens is 364 g/mol. The minimum Gasteiger partial charge on any atom is -0.412 e. The van der Waals surface area contributed by atoms with Crippen LogP contribution < -0.4 is 5.32 Å². The summed E-state index contributed by atoms with van der Waals surface area (Å²) in [7, 11) is 0. The lowest BCUT2D eigenvalue weighted by Gasteiger charge is -2.35. The maximum absolute atomic E-state index is 11.4. The van der Waals surface area contributed by atoms with Gasteiger partial charge in [-0.15, -0.1) is 12.4 Å². The van der Waals surface area contributed by atoms with E-state index in [9.17, 15) is 4.79 Å². The van der Waals surface area contributed by atoms with E-state index in [1.54, 1.807) is 6.92 Å². The van der Waals surface area contributed by atoms with E-state index >= 15 is 0 Å². The number of nitrogens with zero attached hydrogens (tertiary/aromatic N) is 3. The van der Waals surface area contributed by atoms with Crippen LogP contribution >= 0.6 is 12.4 Å². The maximum atomic E-state index is 11.4. The van der Waals surface area contributed by atoms with Crippen molar-refractivity contribution in [3.05, 3.63) is 41.5 Å². The van der Waals surface area contributed by atoms with Gasteiger partial charge in [-0.2, -0.15) is 0 Å². The Labute approximate surface area is 165 Å². The van der Waals surface area contributed by atoms with Crippen molar-refractivity contribution in [2.75, 3.05) is 13.1 Å². The van der Waals surface area contributed by atoms with Gasteiger partial charge in [0.15, 0.2) is 11.4 Å². The molecule has 0 amide bonds. The number of nitrogens with one attached hydrogen (secondary N) is 1. The van der Waals surface area contributed by atoms with Crippen LogP contribution in [0.5, 0.6) is 0 Å². The summed E-state index contributed by atoms with van der Waals surface area (Å²) in [5.41, 5.74) is 3.95. The summed E-state index contributed by atoms with van der Waals surface area (Å²) in [5, 5.41) is 3.40. The molecule has 1 aromatic rings. The number of fused-ring (bicyclic) bond motifs is 1. The number of rotatable bonds is 3. The first-order chi connectivity index (χ1) is 12.0. The molecule has 144 valence electrons. The standard InChI is InChI=1S/C20H22N4O.ClH.H2O/c1-13(25)14-3-5-15(6-4-14)17-11-18-19(23-17)12-22-20(2,24-18)16-7-9-21-10-8-16;;/h3-6,11-12,16,21H,7-10H2,1-2H3;1H;1H2. The van der Waals surface area contributed by atoms with Crippen LogP contribution in [0.2, 0.25) is 0 Å². The lowest BCUT2D eigenvalue weighted by Crippen LogP contribution is -2.42. The Morgan fingerprint density at radius 3 is 2.44 bits per heavy atom. The fraction of sp³-hybridized carbons (Fsp3) is 0.400. The third-order valence-corrected chi connectivity index (χ3v) is 5.27. The minimum absolute atomic E-state index is 0. The Morgan fingerprint density at radius 2 is 1.81 bits per heavy atom. The fourth-order valence-electron chi connectivity index (χ4n) is 3.66. The van der Waals surface area contributed by atoms with Crippen LogP contribution in [-0.4, -0.2) is 47.6 Å². The van der Waals surface area contributed by atoms with E-state index in [1.807, 2.05) is 36.6 Å². The van der Waals surface area contributed by atoms with E-state index in [2.05, 4.69) is 17.2 Å². The molecule has 3 aliphatic rings. The van der Waals surface area contributed by atoms with E-state index in [0.29, 0.717) is 11.5 Å². The quantitative estimate of drug-likeness (QED) is 0.805. The van der Waals surface area contributed by atoms with Gasteiger partial charge < -0.3 is 10.8 Å². The molecule has 6 nitrogen and oxygen atoms in total. The topological polar surface area (TPSA) is 97.7 Å². The number of halogens is 1. The molecule has 0 bridgehead atoms. The van der Waals surface area contributed by atoms with Crippen molar-refractivity contribution in [3.8, 4) is 0 Å². The molecule has 4 rings (SSSR count). The minimum atomic E-state index is -0.388. The molecule has 3 heterocycles. The predicted octanol–water partition coefficient (Wildman–Crippen LogP) is 2.52. The number of hydrogen-bond donors (Lipinski definition) is 1. The van der Waals surface area contributed by atoms with Crippen LogP contribution in [0.1, 0.15) is 42.6 Å². The monoisotopic (exact) mass is 388 g/mol. The third-order valence-electron chi connectivity index (χ3n) is 5.27. The summed E-state index contributed by atoms with van der Waals surface area (Å²) in [6.07, 6.45) is 6.10. The average molecular weight is 389 g/mol. The van der Waals surface area contributed by atoms with Crippen molar-refractivity contribution >= 4 is 41.5 Å². The zero-order valence-corrected chi connectivity index (χ0v) is 16.3. The molecule has 0 aliphatic carbocycles. The molecule has 7 heteroatoms. The van der Waals surface area contributed by atoms with E-state index < -0.39 is 0 Å². The van der Waals surface area contributed by atoms with E-state index in [1.165, 1.54) is 0 Å². The van der Waals surface area contributed by atoms with Gasteiger partial charge in [-0.25, -0.2) is 4.99 Å². The summed E-state index contributed by atoms with van der Waals surface area (Å²) >= 11 is 0. The zero-order chi connectivity index (χ0) is 17.4. The molecule has 0 spiro atoms. The van der Waals surface area contributed by atoms with Crippen molar-refractivity contribution < 1.29 is 10.3 Å². The smallest absolute Gasteiger partial charge is 0.159 e. The highest BCUT2D eigenvalue weighted by Gasteiger charge is 2.37. The van der Waals surface area contributed by atoms with Crippen LogP contribution in [0.3, 0.4) is 0 Å². The van der Waals surface area contributed by atoms with Gasteiger partial charge in [0.1, 0.15) is 5.71 Å². The number of Topliss-reactive ketones (excluding diaryl/α,β-unsaturated/α-hetero) is 1. The molecule has 1 unspecified atom stereocenters. The van der Waals surface area contributed by atoms with E-state index in [-0.39, 0.29) is 29.3 Å². The van der Waals surface area contributed by atoms with Crippen LogP contribution in [0, 0.1) is 5.92 Å². The third kappa shape index (κ3) is 4.08.